The largest absolute Gasteiger partial charge is 0.467 e. The van der Waals surface area contributed by atoms with E-state index in [-0.39, 0.29) is 24.1 Å². The fourth-order valence-electron chi connectivity index (χ4n) is 3.37. The maximum Gasteiger partial charge on any atom is 0.328 e. The van der Waals surface area contributed by atoms with Crippen LogP contribution in [0, 0.1) is 5.82 Å². The monoisotopic (exact) mass is 395 g/mol. The maximum absolute atomic E-state index is 13.1. The molecule has 0 unspecified atom stereocenters. The molecule has 29 heavy (non-hydrogen) atoms. The number of hydrogen-bond acceptors (Lipinski definition) is 6. The second-order valence-corrected chi connectivity index (χ2v) is 6.68. The van der Waals surface area contributed by atoms with Crippen LogP contribution in [0.3, 0.4) is 0 Å². The molecule has 0 fully saturated rings. The number of tetrazole rings is 1. The molecule has 0 bridgehead atoms. The van der Waals surface area contributed by atoms with Crippen molar-refractivity contribution in [2.45, 2.75) is 25.6 Å². The van der Waals surface area contributed by atoms with Crippen LogP contribution in [0.15, 0.2) is 48.5 Å². The second-order valence-electron chi connectivity index (χ2n) is 6.68. The van der Waals surface area contributed by atoms with Gasteiger partial charge < -0.3 is 9.64 Å². The van der Waals surface area contributed by atoms with Gasteiger partial charge in [0.05, 0.1) is 7.11 Å². The molecule has 4 rings (SSSR count). The van der Waals surface area contributed by atoms with Crippen molar-refractivity contribution in [3.05, 3.63) is 65.5 Å². The molecule has 0 saturated heterocycles. The van der Waals surface area contributed by atoms with Gasteiger partial charge in [0.25, 0.3) is 0 Å². The van der Waals surface area contributed by atoms with Gasteiger partial charge >= 0.3 is 5.97 Å². The molecular formula is C20H18FN5O3. The van der Waals surface area contributed by atoms with Gasteiger partial charge in [-0.2, -0.15) is 4.80 Å². The zero-order valence-electron chi connectivity index (χ0n) is 15.7. The van der Waals surface area contributed by atoms with Crippen LogP contribution in [0.4, 0.5) is 4.39 Å². The van der Waals surface area contributed by atoms with Gasteiger partial charge in [-0.05, 0) is 40.6 Å². The topological polar surface area (TPSA) is 90.2 Å². The van der Waals surface area contributed by atoms with Crippen molar-refractivity contribution in [3.8, 4) is 11.4 Å². The summed E-state index contributed by atoms with van der Waals surface area (Å²) in [4.78, 5) is 27.8. The Bertz CT molecular complexity index is 1050. The van der Waals surface area contributed by atoms with Crippen LogP contribution in [-0.2, 0) is 33.8 Å². The molecule has 3 aromatic rings. The fourth-order valence-corrected chi connectivity index (χ4v) is 3.37. The summed E-state index contributed by atoms with van der Waals surface area (Å²) in [5.41, 5.74) is 2.59. The van der Waals surface area contributed by atoms with Crippen LogP contribution in [0.2, 0.25) is 0 Å². The zero-order valence-corrected chi connectivity index (χ0v) is 15.7. The van der Waals surface area contributed by atoms with Crippen LogP contribution >= 0.6 is 0 Å². The molecule has 2 heterocycles. The van der Waals surface area contributed by atoms with E-state index in [1.807, 2.05) is 24.3 Å². The summed E-state index contributed by atoms with van der Waals surface area (Å²) in [6.07, 6.45) is 0.389. The minimum atomic E-state index is -0.706. The Kier molecular flexibility index (Phi) is 5.03. The highest BCUT2D eigenvalue weighted by atomic mass is 19.1. The number of rotatable bonds is 4. The minimum Gasteiger partial charge on any atom is -0.467 e. The molecule has 0 radical (unpaired) electrons. The first kappa shape index (κ1) is 18.7. The van der Waals surface area contributed by atoms with Gasteiger partial charge in [-0.15, -0.1) is 10.2 Å². The average Bonchev–Trinajstić information content (AvgIpc) is 3.21. The molecule has 1 aliphatic heterocycles. The second kappa shape index (κ2) is 7.78. The zero-order chi connectivity index (χ0) is 20.4. The third-order valence-corrected chi connectivity index (χ3v) is 4.87. The fraction of sp³-hybridized carbons (Fsp3) is 0.250. The number of amides is 1. The number of aromatic nitrogens is 4. The molecule has 0 saturated carbocycles. The van der Waals surface area contributed by atoms with E-state index < -0.39 is 12.0 Å². The van der Waals surface area contributed by atoms with E-state index in [0.29, 0.717) is 18.5 Å². The molecule has 0 N–H and O–H groups in total. The molecule has 1 atom stereocenters. The van der Waals surface area contributed by atoms with Gasteiger partial charge in [-0.3, -0.25) is 4.79 Å². The Morgan fingerprint density at radius 2 is 1.86 bits per heavy atom. The van der Waals surface area contributed by atoms with Crippen molar-refractivity contribution in [1.82, 2.24) is 25.1 Å². The molecule has 8 nitrogen and oxygen atoms in total. The van der Waals surface area contributed by atoms with E-state index in [1.165, 1.54) is 36.3 Å². The van der Waals surface area contributed by atoms with Gasteiger partial charge in [0.15, 0.2) is 0 Å². The highest BCUT2D eigenvalue weighted by Gasteiger charge is 2.35. The Morgan fingerprint density at radius 1 is 1.14 bits per heavy atom. The normalized spacial score (nSPS) is 15.7. The predicted octanol–water partition coefficient (Wildman–Crippen LogP) is 1.61. The number of methoxy groups -OCH3 is 1. The number of hydrogen-bond donors (Lipinski definition) is 0. The summed E-state index contributed by atoms with van der Waals surface area (Å²) in [7, 11) is 1.31. The maximum atomic E-state index is 13.1. The number of nitrogens with zero attached hydrogens (tertiary/aromatic N) is 5. The standard InChI is InChI=1S/C20H18FN5O3/c1-29-20(28)17-10-14-4-2-3-5-15(14)11-25(17)18(27)12-26-23-19(22-24-26)13-6-8-16(21)9-7-13/h2-9,17H,10-12H2,1H3/t17-/m1/s1. The van der Waals surface area contributed by atoms with Crippen LogP contribution in [-0.4, -0.2) is 50.1 Å². The van der Waals surface area contributed by atoms with Gasteiger partial charge in [0, 0.05) is 18.5 Å². The number of carbonyl (C=O) groups excluding carboxylic acids is 2. The molecule has 9 heteroatoms. The van der Waals surface area contributed by atoms with Crippen LogP contribution in [0.1, 0.15) is 11.1 Å². The summed E-state index contributed by atoms with van der Waals surface area (Å²) < 4.78 is 18.0. The SMILES string of the molecule is COC(=O)[C@H]1Cc2ccccc2CN1C(=O)Cn1nnc(-c2ccc(F)cc2)n1. The minimum absolute atomic E-state index is 0.177. The lowest BCUT2D eigenvalue weighted by molar-refractivity contribution is -0.154. The third kappa shape index (κ3) is 3.84. The van der Waals surface area contributed by atoms with Gasteiger partial charge in [-0.25, -0.2) is 9.18 Å². The number of fused-ring (bicyclic) bond motifs is 1. The van der Waals surface area contributed by atoms with E-state index in [0.717, 1.165) is 15.9 Å². The summed E-state index contributed by atoms with van der Waals surface area (Å²) >= 11 is 0. The number of carbonyl (C=O) groups is 2. The van der Waals surface area contributed by atoms with Crippen molar-refractivity contribution < 1.29 is 18.7 Å². The lowest BCUT2D eigenvalue weighted by atomic mass is 9.94. The third-order valence-electron chi connectivity index (χ3n) is 4.87. The molecule has 0 spiro atoms. The Balaban J connectivity index is 1.54. The highest BCUT2D eigenvalue weighted by molar-refractivity contribution is 5.85. The van der Waals surface area contributed by atoms with E-state index in [4.69, 9.17) is 4.74 Å². The average molecular weight is 395 g/mol. The number of benzene rings is 2. The molecule has 148 valence electrons. The summed E-state index contributed by atoms with van der Waals surface area (Å²) in [6.45, 7) is 0.123. The van der Waals surface area contributed by atoms with Gasteiger partial charge in [0.2, 0.25) is 11.7 Å². The van der Waals surface area contributed by atoms with E-state index in [9.17, 15) is 14.0 Å². The summed E-state index contributed by atoms with van der Waals surface area (Å²) in [6, 6.07) is 12.6. The Hall–Kier alpha value is -3.62. The van der Waals surface area contributed by atoms with Gasteiger partial charge in [0.1, 0.15) is 18.4 Å². The lowest BCUT2D eigenvalue weighted by Gasteiger charge is -2.35. The van der Waals surface area contributed by atoms with Crippen molar-refractivity contribution in [2.24, 2.45) is 0 Å². The molecule has 2 aromatic carbocycles. The first-order valence-electron chi connectivity index (χ1n) is 9.03. The number of ether oxygens (including phenoxy) is 1. The van der Waals surface area contributed by atoms with E-state index in [1.54, 1.807) is 0 Å². The Labute approximate surface area is 165 Å². The molecule has 1 aromatic heterocycles. The molecule has 0 aliphatic carbocycles. The number of halogens is 1. The molecule has 1 amide bonds. The quantitative estimate of drug-likeness (QED) is 0.624. The van der Waals surface area contributed by atoms with E-state index in [2.05, 4.69) is 15.4 Å². The predicted molar refractivity (Wildman–Crippen MR) is 99.7 cm³/mol. The number of esters is 1. The van der Waals surface area contributed by atoms with Gasteiger partial charge in [-0.1, -0.05) is 24.3 Å². The first-order valence-corrected chi connectivity index (χ1v) is 9.03. The lowest BCUT2D eigenvalue weighted by Crippen LogP contribution is -2.50. The van der Waals surface area contributed by atoms with E-state index >= 15 is 0 Å². The van der Waals surface area contributed by atoms with Crippen molar-refractivity contribution in [3.63, 3.8) is 0 Å². The van der Waals surface area contributed by atoms with Crippen LogP contribution < -0.4 is 0 Å². The van der Waals surface area contributed by atoms with Crippen molar-refractivity contribution in [1.29, 1.82) is 0 Å². The first-order chi connectivity index (χ1) is 14.0. The highest BCUT2D eigenvalue weighted by Crippen LogP contribution is 2.24. The molecule has 1 aliphatic rings. The summed E-state index contributed by atoms with van der Waals surface area (Å²) in [5.74, 6) is -0.869. The molecular weight excluding hydrogens is 377 g/mol. The van der Waals surface area contributed by atoms with Crippen molar-refractivity contribution >= 4 is 11.9 Å². The smallest absolute Gasteiger partial charge is 0.328 e. The summed E-state index contributed by atoms with van der Waals surface area (Å²) in [5, 5.41) is 12.0. The van der Waals surface area contributed by atoms with Crippen molar-refractivity contribution in [2.75, 3.05) is 7.11 Å². The van der Waals surface area contributed by atoms with Crippen LogP contribution in [0.5, 0.6) is 0 Å². The van der Waals surface area contributed by atoms with Crippen LogP contribution in [0.25, 0.3) is 11.4 Å². The Morgan fingerprint density at radius 3 is 2.59 bits per heavy atom.